The summed E-state index contributed by atoms with van der Waals surface area (Å²) in [5.41, 5.74) is 2.62. The molecule has 2 heterocycles. The SMILES string of the molecule is CN=C(NCC1CCCN(C)C1c1ccc(OC)cc1)N(C)Cc1cccn1C. The summed E-state index contributed by atoms with van der Waals surface area (Å²) in [6.07, 6.45) is 4.52. The molecule has 1 aliphatic rings. The van der Waals surface area contributed by atoms with Crippen LogP contribution in [0.3, 0.4) is 0 Å². The van der Waals surface area contributed by atoms with Crippen molar-refractivity contribution in [1.29, 1.82) is 0 Å². The van der Waals surface area contributed by atoms with Gasteiger partial charge in [-0.25, -0.2) is 0 Å². The summed E-state index contributed by atoms with van der Waals surface area (Å²) in [7, 11) is 9.98. The highest BCUT2D eigenvalue weighted by Gasteiger charge is 2.30. The van der Waals surface area contributed by atoms with Crippen LogP contribution in [0.25, 0.3) is 0 Å². The van der Waals surface area contributed by atoms with E-state index in [1.807, 2.05) is 7.05 Å². The van der Waals surface area contributed by atoms with Crippen LogP contribution in [0.1, 0.15) is 30.1 Å². The van der Waals surface area contributed by atoms with E-state index >= 15 is 0 Å². The number of nitrogens with one attached hydrogen (secondary N) is 1. The Morgan fingerprint density at radius 2 is 2.00 bits per heavy atom. The highest BCUT2D eigenvalue weighted by molar-refractivity contribution is 5.79. The van der Waals surface area contributed by atoms with E-state index in [0.29, 0.717) is 12.0 Å². The number of aryl methyl sites for hydroxylation is 1. The Balaban J connectivity index is 1.66. The van der Waals surface area contributed by atoms with Crippen molar-refractivity contribution in [2.75, 3.05) is 41.3 Å². The molecule has 0 amide bonds. The van der Waals surface area contributed by atoms with Crippen molar-refractivity contribution in [3.05, 3.63) is 53.9 Å². The Hall–Kier alpha value is -2.47. The van der Waals surface area contributed by atoms with Crippen LogP contribution in [0.4, 0.5) is 0 Å². The summed E-state index contributed by atoms with van der Waals surface area (Å²) in [6.45, 7) is 2.87. The molecule has 1 aromatic carbocycles. The van der Waals surface area contributed by atoms with Crippen molar-refractivity contribution < 1.29 is 4.74 Å². The topological polar surface area (TPSA) is 45.0 Å². The summed E-state index contributed by atoms with van der Waals surface area (Å²) >= 11 is 0. The van der Waals surface area contributed by atoms with Gasteiger partial charge in [-0.3, -0.25) is 9.89 Å². The van der Waals surface area contributed by atoms with Gasteiger partial charge in [0.2, 0.25) is 0 Å². The number of aliphatic imine (C=N–C) groups is 1. The Kier molecular flexibility index (Phi) is 7.20. The number of guanidine groups is 1. The number of hydrogen-bond donors (Lipinski definition) is 1. The molecule has 6 nitrogen and oxygen atoms in total. The molecule has 2 aromatic rings. The molecule has 158 valence electrons. The van der Waals surface area contributed by atoms with Gasteiger partial charge in [0.15, 0.2) is 5.96 Å². The highest BCUT2D eigenvalue weighted by Crippen LogP contribution is 2.35. The Bertz CT molecular complexity index is 798. The molecular weight excluding hydrogens is 362 g/mol. The second kappa shape index (κ2) is 9.83. The Morgan fingerprint density at radius 1 is 1.24 bits per heavy atom. The van der Waals surface area contributed by atoms with Gasteiger partial charge in [0.25, 0.3) is 0 Å². The minimum Gasteiger partial charge on any atom is -0.497 e. The minimum absolute atomic E-state index is 0.401. The minimum atomic E-state index is 0.401. The van der Waals surface area contributed by atoms with Crippen molar-refractivity contribution >= 4 is 5.96 Å². The average Bonchev–Trinajstić information content (AvgIpc) is 3.13. The van der Waals surface area contributed by atoms with Gasteiger partial charge in [-0.05, 0) is 62.2 Å². The van der Waals surface area contributed by atoms with Crippen LogP contribution in [0, 0.1) is 5.92 Å². The summed E-state index contributed by atoms with van der Waals surface area (Å²) < 4.78 is 7.48. The van der Waals surface area contributed by atoms with E-state index in [-0.39, 0.29) is 0 Å². The first-order chi connectivity index (χ1) is 14.0. The number of aromatic nitrogens is 1. The summed E-state index contributed by atoms with van der Waals surface area (Å²) in [5, 5.41) is 3.63. The summed E-state index contributed by atoms with van der Waals surface area (Å²) in [4.78, 5) is 9.18. The lowest BCUT2D eigenvalue weighted by atomic mass is 9.85. The second-order valence-corrected chi connectivity index (χ2v) is 8.00. The molecule has 1 N–H and O–H groups in total. The zero-order valence-corrected chi connectivity index (χ0v) is 18.4. The van der Waals surface area contributed by atoms with Gasteiger partial charge in [-0.1, -0.05) is 12.1 Å². The van der Waals surface area contributed by atoms with E-state index in [1.54, 1.807) is 7.11 Å². The van der Waals surface area contributed by atoms with Gasteiger partial charge < -0.3 is 19.5 Å². The van der Waals surface area contributed by atoms with Gasteiger partial charge in [-0.15, -0.1) is 0 Å². The number of ether oxygens (including phenoxy) is 1. The molecule has 2 atom stereocenters. The lowest BCUT2D eigenvalue weighted by molar-refractivity contribution is 0.122. The van der Waals surface area contributed by atoms with Crippen LogP contribution in [0.15, 0.2) is 47.6 Å². The fourth-order valence-electron chi connectivity index (χ4n) is 4.39. The molecule has 1 aliphatic heterocycles. The fourth-order valence-corrected chi connectivity index (χ4v) is 4.39. The van der Waals surface area contributed by atoms with E-state index in [1.165, 1.54) is 24.1 Å². The van der Waals surface area contributed by atoms with Crippen LogP contribution in [0.5, 0.6) is 5.75 Å². The monoisotopic (exact) mass is 397 g/mol. The van der Waals surface area contributed by atoms with Gasteiger partial charge in [-0.2, -0.15) is 0 Å². The maximum Gasteiger partial charge on any atom is 0.193 e. The van der Waals surface area contributed by atoms with E-state index in [0.717, 1.165) is 31.3 Å². The molecule has 0 radical (unpaired) electrons. The second-order valence-electron chi connectivity index (χ2n) is 8.00. The molecule has 6 heteroatoms. The van der Waals surface area contributed by atoms with Crippen LogP contribution in [0.2, 0.25) is 0 Å². The summed E-state index contributed by atoms with van der Waals surface area (Å²) in [6, 6.07) is 13.2. The van der Waals surface area contributed by atoms with Crippen LogP contribution >= 0.6 is 0 Å². The molecule has 0 aliphatic carbocycles. The van der Waals surface area contributed by atoms with Crippen molar-refractivity contribution in [2.24, 2.45) is 18.0 Å². The highest BCUT2D eigenvalue weighted by atomic mass is 16.5. The van der Waals surface area contributed by atoms with E-state index in [9.17, 15) is 0 Å². The van der Waals surface area contributed by atoms with E-state index < -0.39 is 0 Å². The first kappa shape index (κ1) is 21.2. The van der Waals surface area contributed by atoms with Gasteiger partial charge in [0.05, 0.1) is 13.7 Å². The van der Waals surface area contributed by atoms with Gasteiger partial charge >= 0.3 is 0 Å². The van der Waals surface area contributed by atoms with Gasteiger partial charge in [0, 0.05) is 45.6 Å². The van der Waals surface area contributed by atoms with Crippen molar-refractivity contribution in [3.8, 4) is 5.75 Å². The standard InChI is InChI=1S/C23H35N5O/c1-24-23(28(4)17-20-9-7-14-26(20)2)25-16-19-8-6-15-27(3)22(19)18-10-12-21(29-5)13-11-18/h7,9-14,19,22H,6,8,15-17H2,1-5H3,(H,24,25). The third-order valence-electron chi connectivity index (χ3n) is 6.01. The largest absolute Gasteiger partial charge is 0.497 e. The van der Waals surface area contributed by atoms with Crippen molar-refractivity contribution in [1.82, 2.24) is 19.7 Å². The van der Waals surface area contributed by atoms with Gasteiger partial charge in [0.1, 0.15) is 5.75 Å². The van der Waals surface area contributed by atoms with Crippen molar-refractivity contribution in [2.45, 2.75) is 25.4 Å². The Morgan fingerprint density at radius 3 is 2.62 bits per heavy atom. The quantitative estimate of drug-likeness (QED) is 0.601. The Labute approximate surface area is 175 Å². The molecular formula is C23H35N5O. The average molecular weight is 398 g/mol. The number of rotatable bonds is 6. The molecule has 0 saturated carbocycles. The fraction of sp³-hybridized carbons (Fsp3) is 0.522. The molecule has 2 unspecified atom stereocenters. The molecule has 0 bridgehead atoms. The van der Waals surface area contributed by atoms with E-state index in [2.05, 4.69) is 88.4 Å². The summed E-state index contributed by atoms with van der Waals surface area (Å²) in [5.74, 6) is 2.37. The molecule has 1 fully saturated rings. The number of nitrogens with zero attached hydrogens (tertiary/aromatic N) is 4. The lowest BCUT2D eigenvalue weighted by Gasteiger charge is -2.40. The molecule has 1 saturated heterocycles. The number of likely N-dealkylation sites (tertiary alicyclic amines) is 1. The van der Waals surface area contributed by atoms with E-state index in [4.69, 9.17) is 4.74 Å². The number of piperidine rings is 1. The van der Waals surface area contributed by atoms with Crippen molar-refractivity contribution in [3.63, 3.8) is 0 Å². The number of methoxy groups -OCH3 is 1. The first-order valence-corrected chi connectivity index (χ1v) is 10.4. The third kappa shape index (κ3) is 5.12. The smallest absolute Gasteiger partial charge is 0.193 e. The number of benzene rings is 1. The zero-order valence-electron chi connectivity index (χ0n) is 18.4. The normalized spacial score (nSPS) is 20.5. The maximum atomic E-state index is 5.33. The molecule has 0 spiro atoms. The predicted octanol–water partition coefficient (Wildman–Crippen LogP) is 3.12. The first-order valence-electron chi connectivity index (χ1n) is 10.4. The van der Waals surface area contributed by atoms with Crippen LogP contribution in [-0.4, -0.2) is 61.7 Å². The number of hydrogen-bond acceptors (Lipinski definition) is 3. The van der Waals surface area contributed by atoms with Crippen LogP contribution < -0.4 is 10.1 Å². The predicted molar refractivity (Wildman–Crippen MR) is 119 cm³/mol. The maximum absolute atomic E-state index is 5.33. The van der Waals surface area contributed by atoms with Crippen LogP contribution in [-0.2, 0) is 13.6 Å². The third-order valence-corrected chi connectivity index (χ3v) is 6.01. The lowest BCUT2D eigenvalue weighted by Crippen LogP contribution is -2.45. The molecule has 1 aromatic heterocycles. The molecule has 29 heavy (non-hydrogen) atoms. The zero-order chi connectivity index (χ0) is 20.8. The molecule has 3 rings (SSSR count).